The van der Waals surface area contributed by atoms with Gasteiger partial charge in [-0.3, -0.25) is 4.79 Å². The minimum absolute atomic E-state index is 0.0539. The predicted octanol–water partition coefficient (Wildman–Crippen LogP) is 2.65. The number of carbonyl (C=O) groups excluding carboxylic acids is 1. The molecule has 1 aromatic rings. The van der Waals surface area contributed by atoms with Crippen LogP contribution in [0.15, 0.2) is 24.3 Å². The van der Waals surface area contributed by atoms with Gasteiger partial charge in [0, 0.05) is 19.4 Å². The third-order valence-electron chi connectivity index (χ3n) is 2.40. The van der Waals surface area contributed by atoms with Crippen LogP contribution in [0.1, 0.15) is 12.0 Å². The van der Waals surface area contributed by atoms with Crippen LogP contribution < -0.4 is 4.74 Å². The van der Waals surface area contributed by atoms with Crippen LogP contribution in [0.3, 0.4) is 0 Å². The molecule has 0 spiro atoms. The van der Waals surface area contributed by atoms with Crippen LogP contribution >= 0.6 is 0 Å². The third-order valence-corrected chi connectivity index (χ3v) is 2.40. The first-order valence-electron chi connectivity index (χ1n) is 5.77. The van der Waals surface area contributed by atoms with Crippen LogP contribution in [0.2, 0.25) is 0 Å². The summed E-state index contributed by atoms with van der Waals surface area (Å²) in [5, 5.41) is 0. The quantitative estimate of drug-likeness (QED) is 0.799. The van der Waals surface area contributed by atoms with Crippen molar-refractivity contribution < 1.29 is 22.7 Å². The second kappa shape index (κ2) is 6.56. The summed E-state index contributed by atoms with van der Waals surface area (Å²) in [4.78, 5) is 13.5. The SMILES string of the molecule is CN(C)CCC(=O)Cc1ccc(OC(F)(F)F)cc1. The maximum Gasteiger partial charge on any atom is 0.573 e. The van der Waals surface area contributed by atoms with Gasteiger partial charge in [0.25, 0.3) is 0 Å². The van der Waals surface area contributed by atoms with Crippen molar-refractivity contribution in [1.82, 2.24) is 4.90 Å². The summed E-state index contributed by atoms with van der Waals surface area (Å²) < 4.78 is 39.6. The molecule has 0 amide bonds. The fraction of sp³-hybridized carbons (Fsp3) is 0.462. The number of alkyl halides is 3. The first kappa shape index (κ1) is 15.5. The molecule has 0 radical (unpaired) electrons. The highest BCUT2D eigenvalue weighted by Crippen LogP contribution is 2.22. The summed E-state index contributed by atoms with van der Waals surface area (Å²) in [7, 11) is 3.74. The molecule has 106 valence electrons. The Labute approximate surface area is 110 Å². The van der Waals surface area contributed by atoms with Crippen LogP contribution in [-0.4, -0.2) is 37.7 Å². The summed E-state index contributed by atoms with van der Waals surface area (Å²) in [5.41, 5.74) is 0.679. The molecule has 0 atom stereocenters. The van der Waals surface area contributed by atoms with Gasteiger partial charge in [-0.2, -0.15) is 0 Å². The van der Waals surface area contributed by atoms with Gasteiger partial charge in [0.15, 0.2) is 0 Å². The number of halogens is 3. The molecule has 0 heterocycles. The molecule has 0 aliphatic carbocycles. The maximum absolute atomic E-state index is 11.9. The molecule has 0 aliphatic rings. The molecule has 0 unspecified atom stereocenters. The van der Waals surface area contributed by atoms with Gasteiger partial charge in [-0.05, 0) is 31.8 Å². The number of rotatable bonds is 6. The van der Waals surface area contributed by atoms with Gasteiger partial charge in [-0.15, -0.1) is 13.2 Å². The Bertz CT molecular complexity index is 413. The summed E-state index contributed by atoms with van der Waals surface area (Å²) >= 11 is 0. The Morgan fingerprint density at radius 1 is 1.21 bits per heavy atom. The molecular weight excluding hydrogens is 259 g/mol. The second-order valence-corrected chi connectivity index (χ2v) is 4.46. The van der Waals surface area contributed by atoms with Crippen LogP contribution in [-0.2, 0) is 11.2 Å². The molecule has 0 aromatic heterocycles. The van der Waals surface area contributed by atoms with E-state index in [4.69, 9.17) is 0 Å². The first-order chi connectivity index (χ1) is 8.76. The fourth-order valence-corrected chi connectivity index (χ4v) is 1.47. The lowest BCUT2D eigenvalue weighted by atomic mass is 10.1. The Hall–Kier alpha value is -1.56. The van der Waals surface area contributed by atoms with E-state index in [0.717, 1.165) is 0 Å². The van der Waals surface area contributed by atoms with Gasteiger partial charge in [-0.1, -0.05) is 12.1 Å². The lowest BCUT2D eigenvalue weighted by Gasteiger charge is -2.10. The molecule has 0 N–H and O–H groups in total. The molecule has 0 fully saturated rings. The third kappa shape index (κ3) is 6.81. The molecule has 0 saturated carbocycles. The Balaban J connectivity index is 2.50. The molecule has 1 aromatic carbocycles. The lowest BCUT2D eigenvalue weighted by molar-refractivity contribution is -0.274. The van der Waals surface area contributed by atoms with E-state index in [0.29, 0.717) is 18.5 Å². The highest BCUT2D eigenvalue weighted by Gasteiger charge is 2.30. The maximum atomic E-state index is 11.9. The summed E-state index contributed by atoms with van der Waals surface area (Å²) in [6, 6.07) is 5.35. The number of hydrogen-bond donors (Lipinski definition) is 0. The van der Waals surface area contributed by atoms with Crippen molar-refractivity contribution in [3.05, 3.63) is 29.8 Å². The number of carbonyl (C=O) groups is 1. The molecule has 6 heteroatoms. The van der Waals surface area contributed by atoms with Gasteiger partial charge in [-0.25, -0.2) is 0 Å². The minimum atomic E-state index is -4.69. The van der Waals surface area contributed by atoms with Crippen molar-refractivity contribution in [2.75, 3.05) is 20.6 Å². The Morgan fingerprint density at radius 2 is 1.79 bits per heavy atom. The zero-order valence-electron chi connectivity index (χ0n) is 10.8. The normalized spacial score (nSPS) is 11.7. The largest absolute Gasteiger partial charge is 0.573 e. The van der Waals surface area contributed by atoms with Crippen LogP contribution in [0, 0.1) is 0 Å². The van der Waals surface area contributed by atoms with Gasteiger partial charge in [0.2, 0.25) is 0 Å². The van der Waals surface area contributed by atoms with Crippen LogP contribution in [0.4, 0.5) is 13.2 Å². The average molecular weight is 275 g/mol. The summed E-state index contributed by atoms with van der Waals surface area (Å²) in [6.07, 6.45) is -4.04. The summed E-state index contributed by atoms with van der Waals surface area (Å²) in [5.74, 6) is -0.227. The van der Waals surface area contributed by atoms with E-state index in [1.807, 2.05) is 19.0 Å². The molecule has 19 heavy (non-hydrogen) atoms. The Kier molecular flexibility index (Phi) is 5.35. The molecule has 0 bridgehead atoms. The van der Waals surface area contributed by atoms with E-state index in [1.54, 1.807) is 0 Å². The Morgan fingerprint density at radius 3 is 2.26 bits per heavy atom. The highest BCUT2D eigenvalue weighted by atomic mass is 19.4. The van der Waals surface area contributed by atoms with E-state index in [9.17, 15) is 18.0 Å². The molecule has 3 nitrogen and oxygen atoms in total. The number of Topliss-reactive ketones (excluding diaryl/α,β-unsaturated/α-hetero) is 1. The lowest BCUT2D eigenvalue weighted by Crippen LogP contribution is -2.18. The zero-order valence-corrected chi connectivity index (χ0v) is 10.8. The summed E-state index contributed by atoms with van der Waals surface area (Å²) in [6.45, 7) is 0.661. The number of benzene rings is 1. The monoisotopic (exact) mass is 275 g/mol. The van der Waals surface area contributed by atoms with Gasteiger partial charge in [0.05, 0.1) is 0 Å². The van der Waals surface area contributed by atoms with Crippen molar-refractivity contribution in [2.45, 2.75) is 19.2 Å². The van der Waals surface area contributed by atoms with Crippen LogP contribution in [0.25, 0.3) is 0 Å². The minimum Gasteiger partial charge on any atom is -0.406 e. The first-order valence-corrected chi connectivity index (χ1v) is 5.77. The fourth-order valence-electron chi connectivity index (χ4n) is 1.47. The number of ether oxygens (including phenoxy) is 1. The zero-order chi connectivity index (χ0) is 14.5. The van der Waals surface area contributed by atoms with Crippen molar-refractivity contribution in [1.29, 1.82) is 0 Å². The topological polar surface area (TPSA) is 29.5 Å². The standard InChI is InChI=1S/C13H16F3NO2/c1-17(2)8-7-11(18)9-10-3-5-12(6-4-10)19-13(14,15)16/h3-6H,7-9H2,1-2H3. The molecule has 1 rings (SSSR count). The van der Waals surface area contributed by atoms with Gasteiger partial charge < -0.3 is 9.64 Å². The van der Waals surface area contributed by atoms with Gasteiger partial charge >= 0.3 is 6.36 Å². The molecular formula is C13H16F3NO2. The average Bonchev–Trinajstić information content (AvgIpc) is 2.27. The number of nitrogens with zero attached hydrogens (tertiary/aromatic N) is 1. The smallest absolute Gasteiger partial charge is 0.406 e. The van der Waals surface area contributed by atoms with Gasteiger partial charge in [0.1, 0.15) is 11.5 Å². The van der Waals surface area contributed by atoms with E-state index in [2.05, 4.69) is 4.74 Å². The predicted molar refractivity (Wildman–Crippen MR) is 65.0 cm³/mol. The van der Waals surface area contributed by atoms with E-state index < -0.39 is 6.36 Å². The highest BCUT2D eigenvalue weighted by molar-refractivity contribution is 5.81. The molecule has 0 aliphatic heterocycles. The van der Waals surface area contributed by atoms with Crippen molar-refractivity contribution >= 4 is 5.78 Å². The van der Waals surface area contributed by atoms with Crippen molar-refractivity contribution in [3.8, 4) is 5.75 Å². The van der Waals surface area contributed by atoms with E-state index in [-0.39, 0.29) is 18.0 Å². The van der Waals surface area contributed by atoms with Crippen molar-refractivity contribution in [3.63, 3.8) is 0 Å². The van der Waals surface area contributed by atoms with Crippen molar-refractivity contribution in [2.24, 2.45) is 0 Å². The number of hydrogen-bond acceptors (Lipinski definition) is 3. The van der Waals surface area contributed by atoms with E-state index in [1.165, 1.54) is 24.3 Å². The second-order valence-electron chi connectivity index (χ2n) is 4.46. The van der Waals surface area contributed by atoms with Crippen LogP contribution in [0.5, 0.6) is 5.75 Å². The van der Waals surface area contributed by atoms with E-state index >= 15 is 0 Å². The molecule has 0 saturated heterocycles. The number of ketones is 1.